The number of aliphatic hydroxyl groups excluding tert-OH is 4. The molecule has 0 aromatic heterocycles. The number of hydrogen-bond donors (Lipinski definition) is 4. The minimum Gasteiger partial charge on any atom is -0.396 e. The van der Waals surface area contributed by atoms with Crippen molar-refractivity contribution in [1.82, 2.24) is 0 Å². The summed E-state index contributed by atoms with van der Waals surface area (Å²) in [5, 5.41) is 43.6. The first kappa shape index (κ1) is 25.0. The van der Waals surface area contributed by atoms with Gasteiger partial charge < -0.3 is 20.4 Å². The van der Waals surface area contributed by atoms with Crippen molar-refractivity contribution in [3.8, 4) is 0 Å². The predicted molar refractivity (Wildman–Crippen MR) is 135 cm³/mol. The summed E-state index contributed by atoms with van der Waals surface area (Å²) in [6.45, 7) is 14.1. The summed E-state index contributed by atoms with van der Waals surface area (Å²) >= 11 is 0. The molecule has 0 aromatic carbocycles. The number of rotatable bonds is 2. The van der Waals surface area contributed by atoms with Crippen molar-refractivity contribution in [3.63, 3.8) is 0 Å². The predicted octanol–water partition coefficient (Wildman–Crippen LogP) is 5.00. The standard InChI is InChI=1S/C30H48O4/c1-25(2)13-14-30(18-32)20(15-25)19-7-8-22-26(3)11-10-23(33)27(4,17-31)21(26)9-12-28(22,5)29(19,6)16-24(30)34/h7-8,21-24,31-34H,9-18H2,1-6H3/t21-,22-,23-,24-,26+,27-,28-,29-,30-/m1/s1. The van der Waals surface area contributed by atoms with Crippen molar-refractivity contribution < 1.29 is 20.4 Å². The molecule has 0 bridgehead atoms. The van der Waals surface area contributed by atoms with Crippen LogP contribution >= 0.6 is 0 Å². The third-order valence-electron chi connectivity index (χ3n) is 12.7. The van der Waals surface area contributed by atoms with Gasteiger partial charge >= 0.3 is 0 Å². The molecule has 4 N–H and O–H groups in total. The lowest BCUT2D eigenvalue weighted by atomic mass is 9.35. The fourth-order valence-corrected chi connectivity index (χ4v) is 10.1. The minimum absolute atomic E-state index is 0.00171. The van der Waals surface area contributed by atoms with Gasteiger partial charge in [-0.3, -0.25) is 0 Å². The van der Waals surface area contributed by atoms with E-state index < -0.39 is 23.0 Å². The monoisotopic (exact) mass is 472 g/mol. The highest BCUT2D eigenvalue weighted by Crippen LogP contribution is 2.74. The van der Waals surface area contributed by atoms with Crippen LogP contribution in [0.2, 0.25) is 0 Å². The number of allylic oxidation sites excluding steroid dienone is 3. The molecule has 0 aromatic rings. The molecule has 4 heteroatoms. The lowest BCUT2D eigenvalue weighted by Crippen LogP contribution is -2.65. The van der Waals surface area contributed by atoms with Crippen LogP contribution in [0.1, 0.15) is 92.9 Å². The third-order valence-corrected chi connectivity index (χ3v) is 12.7. The smallest absolute Gasteiger partial charge is 0.0664 e. The van der Waals surface area contributed by atoms with Crippen LogP contribution in [-0.2, 0) is 0 Å². The van der Waals surface area contributed by atoms with Crippen LogP contribution in [0.15, 0.2) is 23.3 Å². The molecule has 34 heavy (non-hydrogen) atoms. The van der Waals surface area contributed by atoms with Crippen molar-refractivity contribution in [1.29, 1.82) is 0 Å². The average Bonchev–Trinajstić information content (AvgIpc) is 2.77. The first-order chi connectivity index (χ1) is 15.7. The summed E-state index contributed by atoms with van der Waals surface area (Å²) in [5.74, 6) is 0.602. The van der Waals surface area contributed by atoms with Crippen LogP contribution in [0.4, 0.5) is 0 Å². The van der Waals surface area contributed by atoms with Crippen LogP contribution in [0, 0.1) is 44.3 Å². The molecule has 3 fully saturated rings. The normalized spacial score (nSPS) is 54.1. The van der Waals surface area contributed by atoms with Gasteiger partial charge in [-0.1, -0.05) is 59.3 Å². The maximum absolute atomic E-state index is 11.7. The number of hydrogen-bond acceptors (Lipinski definition) is 4. The van der Waals surface area contributed by atoms with E-state index in [1.165, 1.54) is 11.1 Å². The molecule has 5 aliphatic rings. The Hall–Kier alpha value is -0.680. The van der Waals surface area contributed by atoms with Crippen LogP contribution in [-0.4, -0.2) is 45.8 Å². The van der Waals surface area contributed by atoms with Gasteiger partial charge in [0.1, 0.15) is 0 Å². The highest BCUT2D eigenvalue weighted by atomic mass is 16.3. The van der Waals surface area contributed by atoms with Gasteiger partial charge in [-0.25, -0.2) is 0 Å². The Bertz CT molecular complexity index is 921. The van der Waals surface area contributed by atoms with E-state index in [2.05, 4.69) is 53.7 Å². The number of aliphatic hydroxyl groups is 4. The van der Waals surface area contributed by atoms with Crippen molar-refractivity contribution in [2.45, 2.75) is 105 Å². The van der Waals surface area contributed by atoms with Gasteiger partial charge in [-0.15, -0.1) is 0 Å². The third kappa shape index (κ3) is 2.86. The maximum Gasteiger partial charge on any atom is 0.0664 e. The molecule has 0 radical (unpaired) electrons. The molecular weight excluding hydrogens is 424 g/mol. The Labute approximate surface area is 206 Å². The average molecular weight is 473 g/mol. The van der Waals surface area contributed by atoms with E-state index in [9.17, 15) is 20.4 Å². The second kappa shape index (κ2) is 7.43. The SMILES string of the molecule is CC1(C)CC[C@@]2(CO)C(=C3C=C[C@@H]4[C@@]5(C)CC[C@@H](O)[C@](C)(CO)[C@@H]5CC[C@@]4(C)[C@]3(C)C[C@H]2O)C1. The zero-order chi connectivity index (χ0) is 24.9. The van der Waals surface area contributed by atoms with Crippen molar-refractivity contribution in [2.75, 3.05) is 13.2 Å². The van der Waals surface area contributed by atoms with Crippen molar-refractivity contribution >= 4 is 0 Å². The van der Waals surface area contributed by atoms with Crippen LogP contribution in [0.25, 0.3) is 0 Å². The van der Waals surface area contributed by atoms with E-state index in [0.29, 0.717) is 12.3 Å². The minimum atomic E-state index is -0.525. The van der Waals surface area contributed by atoms with E-state index in [0.717, 1.165) is 44.9 Å². The van der Waals surface area contributed by atoms with Gasteiger partial charge in [-0.05, 0) is 85.0 Å². The quantitative estimate of drug-likeness (QED) is 0.456. The topological polar surface area (TPSA) is 80.9 Å². The molecule has 0 saturated heterocycles. The van der Waals surface area contributed by atoms with Gasteiger partial charge in [-0.2, -0.15) is 0 Å². The van der Waals surface area contributed by atoms with E-state index in [4.69, 9.17) is 0 Å². The van der Waals surface area contributed by atoms with Crippen molar-refractivity contribution in [2.24, 2.45) is 44.3 Å². The molecule has 5 aliphatic carbocycles. The molecule has 0 unspecified atom stereocenters. The van der Waals surface area contributed by atoms with Gasteiger partial charge in [0.15, 0.2) is 0 Å². The van der Waals surface area contributed by atoms with Gasteiger partial charge in [0.05, 0.1) is 25.4 Å². The summed E-state index contributed by atoms with van der Waals surface area (Å²) in [4.78, 5) is 0. The molecule has 0 heterocycles. The fourth-order valence-electron chi connectivity index (χ4n) is 10.1. The molecule has 192 valence electrons. The molecule has 0 spiro atoms. The Morgan fingerprint density at radius 3 is 2.21 bits per heavy atom. The molecule has 0 aliphatic heterocycles. The Morgan fingerprint density at radius 1 is 0.853 bits per heavy atom. The largest absolute Gasteiger partial charge is 0.396 e. The fraction of sp³-hybridized carbons (Fsp3) is 0.867. The molecule has 9 atom stereocenters. The first-order valence-corrected chi connectivity index (χ1v) is 13.7. The first-order valence-electron chi connectivity index (χ1n) is 13.7. The van der Waals surface area contributed by atoms with Crippen molar-refractivity contribution in [3.05, 3.63) is 23.3 Å². The van der Waals surface area contributed by atoms with Gasteiger partial charge in [0.25, 0.3) is 0 Å². The summed E-state index contributed by atoms with van der Waals surface area (Å²) in [6.07, 6.45) is 11.1. The molecular formula is C30H48O4. The second-order valence-corrected chi connectivity index (χ2v) is 14.7. The second-order valence-electron chi connectivity index (χ2n) is 14.7. The Kier molecular flexibility index (Phi) is 5.46. The highest BCUT2D eigenvalue weighted by molar-refractivity contribution is 5.47. The summed E-state index contributed by atoms with van der Waals surface area (Å²) in [7, 11) is 0. The molecule has 5 rings (SSSR count). The molecule has 0 amide bonds. The Balaban J connectivity index is 1.68. The van der Waals surface area contributed by atoms with Gasteiger partial charge in [0.2, 0.25) is 0 Å². The highest BCUT2D eigenvalue weighted by Gasteiger charge is 2.68. The lowest BCUT2D eigenvalue weighted by molar-refractivity contribution is -0.203. The molecule has 4 nitrogen and oxygen atoms in total. The van der Waals surface area contributed by atoms with E-state index in [-0.39, 0.29) is 40.8 Å². The van der Waals surface area contributed by atoms with E-state index >= 15 is 0 Å². The zero-order valence-corrected chi connectivity index (χ0v) is 22.3. The van der Waals surface area contributed by atoms with Crippen LogP contribution in [0.3, 0.4) is 0 Å². The Morgan fingerprint density at radius 2 is 1.56 bits per heavy atom. The lowest BCUT2D eigenvalue weighted by Gasteiger charge is -2.70. The maximum atomic E-state index is 11.7. The summed E-state index contributed by atoms with van der Waals surface area (Å²) < 4.78 is 0. The number of fused-ring (bicyclic) bond motifs is 6. The summed E-state index contributed by atoms with van der Waals surface area (Å²) in [6, 6.07) is 0. The molecule has 3 saturated carbocycles. The zero-order valence-electron chi connectivity index (χ0n) is 22.3. The summed E-state index contributed by atoms with van der Waals surface area (Å²) in [5.41, 5.74) is 1.75. The van der Waals surface area contributed by atoms with E-state index in [1.807, 2.05) is 0 Å². The van der Waals surface area contributed by atoms with Crippen LogP contribution < -0.4 is 0 Å². The van der Waals surface area contributed by atoms with Crippen LogP contribution in [0.5, 0.6) is 0 Å². The van der Waals surface area contributed by atoms with Gasteiger partial charge in [0, 0.05) is 16.2 Å². The van der Waals surface area contributed by atoms with E-state index in [1.54, 1.807) is 0 Å².